The van der Waals surface area contributed by atoms with Crippen molar-refractivity contribution in [3.8, 4) is 0 Å². The number of piperidine rings is 2. The zero-order valence-electron chi connectivity index (χ0n) is 20.1. The molecular weight excluding hydrogens is 454 g/mol. The van der Waals surface area contributed by atoms with Gasteiger partial charge >= 0.3 is 0 Å². The van der Waals surface area contributed by atoms with E-state index in [4.69, 9.17) is 4.98 Å². The van der Waals surface area contributed by atoms with E-state index in [0.29, 0.717) is 11.6 Å². The van der Waals surface area contributed by atoms with Crippen LogP contribution < -0.4 is 10.2 Å². The Kier molecular flexibility index (Phi) is 7.85. The number of rotatable bonds is 7. The predicted octanol–water partition coefficient (Wildman–Crippen LogP) is 5.67. The molecule has 1 aromatic carbocycles. The molecule has 2 aromatic heterocycles. The summed E-state index contributed by atoms with van der Waals surface area (Å²) in [5, 5.41) is 6.13. The first-order chi connectivity index (χ1) is 17.3. The molecule has 0 unspecified atom stereocenters. The number of hydrogen-bond donors (Lipinski definition) is 1. The first kappa shape index (κ1) is 23.7. The lowest BCUT2D eigenvalue weighted by Crippen LogP contribution is -2.33. The molecule has 2 saturated heterocycles. The molecule has 0 radical (unpaired) electrons. The fourth-order valence-electron chi connectivity index (χ4n) is 4.93. The summed E-state index contributed by atoms with van der Waals surface area (Å²) in [5.41, 5.74) is 3.70. The number of carbonyl (C=O) groups is 1. The first-order valence-corrected chi connectivity index (χ1v) is 13.5. The number of nitrogens with one attached hydrogen (secondary N) is 1. The van der Waals surface area contributed by atoms with Crippen LogP contribution in [0.1, 0.15) is 59.1 Å². The van der Waals surface area contributed by atoms with E-state index in [0.717, 1.165) is 61.9 Å². The molecule has 7 heteroatoms. The molecule has 0 bridgehead atoms. The summed E-state index contributed by atoms with van der Waals surface area (Å²) >= 11 is 1.62. The minimum atomic E-state index is -0.115. The summed E-state index contributed by atoms with van der Waals surface area (Å²) in [7, 11) is 0. The molecule has 182 valence electrons. The molecule has 1 amide bonds. The Morgan fingerprint density at radius 3 is 2.60 bits per heavy atom. The lowest BCUT2D eigenvalue weighted by atomic mass is 9.97. The standard InChI is InChI=1S/C28H33N5OS/c34-27(30-24-8-2-3-9-26(24)33-17-4-1-5-18-33)25-21-35-28(31-25)23-12-19-32(20-13-23)16-6-7-22-10-14-29-15-11-22/h2-3,6-11,14-15,21,23H,1,4-5,12-13,16-20H2,(H,30,34). The highest BCUT2D eigenvalue weighted by Crippen LogP contribution is 2.32. The maximum Gasteiger partial charge on any atom is 0.275 e. The van der Waals surface area contributed by atoms with Crippen molar-refractivity contribution in [2.24, 2.45) is 0 Å². The van der Waals surface area contributed by atoms with Crippen LogP contribution in [0.3, 0.4) is 0 Å². The van der Waals surface area contributed by atoms with E-state index < -0.39 is 0 Å². The highest BCUT2D eigenvalue weighted by atomic mass is 32.1. The molecule has 1 N–H and O–H groups in total. The quantitative estimate of drug-likeness (QED) is 0.465. The monoisotopic (exact) mass is 487 g/mol. The van der Waals surface area contributed by atoms with Gasteiger partial charge in [-0.2, -0.15) is 0 Å². The summed E-state index contributed by atoms with van der Waals surface area (Å²) in [5.74, 6) is 0.318. The van der Waals surface area contributed by atoms with E-state index >= 15 is 0 Å². The third kappa shape index (κ3) is 6.16. The van der Waals surface area contributed by atoms with E-state index in [1.165, 1.54) is 24.8 Å². The van der Waals surface area contributed by atoms with Crippen LogP contribution in [0.5, 0.6) is 0 Å². The van der Waals surface area contributed by atoms with Crippen molar-refractivity contribution >= 4 is 34.7 Å². The molecule has 0 saturated carbocycles. The van der Waals surface area contributed by atoms with Crippen LogP contribution >= 0.6 is 11.3 Å². The Labute approximate surface area is 211 Å². The summed E-state index contributed by atoms with van der Waals surface area (Å²) in [4.78, 5) is 26.7. The SMILES string of the molecule is O=C(Nc1ccccc1N1CCCCC1)c1csc(C2CCN(CC=Cc3ccncc3)CC2)n1. The summed E-state index contributed by atoms with van der Waals surface area (Å²) in [6.07, 6.45) is 13.9. The van der Waals surface area contributed by atoms with Crippen LogP contribution in [0.2, 0.25) is 0 Å². The van der Waals surface area contributed by atoms with Gasteiger partial charge in [0.15, 0.2) is 0 Å². The lowest BCUT2D eigenvalue weighted by molar-refractivity contribution is 0.102. The molecule has 6 nitrogen and oxygen atoms in total. The molecule has 5 rings (SSSR count). The van der Waals surface area contributed by atoms with Gasteiger partial charge in [0.2, 0.25) is 0 Å². The van der Waals surface area contributed by atoms with Crippen molar-refractivity contribution in [1.29, 1.82) is 0 Å². The molecule has 3 aromatic rings. The van der Waals surface area contributed by atoms with Crippen LogP contribution in [0.25, 0.3) is 6.08 Å². The molecule has 2 aliphatic heterocycles. The third-order valence-electron chi connectivity index (χ3n) is 6.92. The number of benzene rings is 1. The zero-order valence-corrected chi connectivity index (χ0v) is 20.9. The second-order valence-electron chi connectivity index (χ2n) is 9.35. The number of anilines is 2. The van der Waals surface area contributed by atoms with Gasteiger partial charge < -0.3 is 10.2 Å². The van der Waals surface area contributed by atoms with Gasteiger partial charge in [0.05, 0.1) is 16.4 Å². The summed E-state index contributed by atoms with van der Waals surface area (Å²) < 4.78 is 0. The van der Waals surface area contributed by atoms with Crippen LogP contribution in [-0.4, -0.2) is 53.5 Å². The van der Waals surface area contributed by atoms with Gasteiger partial charge in [-0.15, -0.1) is 11.3 Å². The van der Waals surface area contributed by atoms with Crippen LogP contribution in [0, 0.1) is 0 Å². The van der Waals surface area contributed by atoms with Crippen molar-refractivity contribution in [3.05, 3.63) is 76.5 Å². The Balaban J connectivity index is 1.14. The fourth-order valence-corrected chi connectivity index (χ4v) is 5.90. The van der Waals surface area contributed by atoms with Gasteiger partial charge in [-0.05, 0) is 75.0 Å². The maximum atomic E-state index is 13.0. The van der Waals surface area contributed by atoms with Gasteiger partial charge in [-0.3, -0.25) is 14.7 Å². The Morgan fingerprint density at radius 1 is 1.03 bits per heavy atom. The maximum absolute atomic E-state index is 13.0. The molecule has 0 spiro atoms. The molecular formula is C28H33N5OS. The second kappa shape index (κ2) is 11.6. The van der Waals surface area contributed by atoms with Crippen molar-refractivity contribution in [1.82, 2.24) is 14.9 Å². The minimum Gasteiger partial charge on any atom is -0.370 e. The number of para-hydroxylation sites is 2. The molecule has 35 heavy (non-hydrogen) atoms. The molecule has 0 atom stereocenters. The highest BCUT2D eigenvalue weighted by molar-refractivity contribution is 7.10. The van der Waals surface area contributed by atoms with Crippen molar-refractivity contribution < 1.29 is 4.79 Å². The molecule has 2 aliphatic rings. The smallest absolute Gasteiger partial charge is 0.275 e. The third-order valence-corrected chi connectivity index (χ3v) is 7.93. The Bertz CT molecular complexity index is 1130. The van der Waals surface area contributed by atoms with E-state index in [9.17, 15) is 4.79 Å². The van der Waals surface area contributed by atoms with Crippen molar-refractivity contribution in [2.45, 2.75) is 38.0 Å². The predicted molar refractivity (Wildman–Crippen MR) is 144 cm³/mol. The normalized spacial score (nSPS) is 17.7. The van der Waals surface area contributed by atoms with Gasteiger partial charge in [0.1, 0.15) is 5.69 Å². The van der Waals surface area contributed by atoms with Gasteiger partial charge in [0.25, 0.3) is 5.91 Å². The largest absolute Gasteiger partial charge is 0.370 e. The van der Waals surface area contributed by atoms with Gasteiger partial charge in [0, 0.05) is 43.3 Å². The van der Waals surface area contributed by atoms with E-state index in [2.05, 4.69) is 38.3 Å². The molecule has 0 aliphatic carbocycles. The van der Waals surface area contributed by atoms with E-state index in [-0.39, 0.29) is 5.91 Å². The first-order valence-electron chi connectivity index (χ1n) is 12.7. The number of aromatic nitrogens is 2. The highest BCUT2D eigenvalue weighted by Gasteiger charge is 2.24. The number of carbonyl (C=O) groups excluding carboxylic acids is 1. The van der Waals surface area contributed by atoms with E-state index in [1.54, 1.807) is 11.3 Å². The Morgan fingerprint density at radius 2 is 1.80 bits per heavy atom. The fraction of sp³-hybridized carbons (Fsp3) is 0.393. The van der Waals surface area contributed by atoms with E-state index in [1.807, 2.05) is 48.1 Å². The minimum absolute atomic E-state index is 0.115. The van der Waals surface area contributed by atoms with Crippen LogP contribution in [-0.2, 0) is 0 Å². The molecule has 4 heterocycles. The molecule has 2 fully saturated rings. The van der Waals surface area contributed by atoms with Crippen LogP contribution in [0.15, 0.2) is 60.2 Å². The number of hydrogen-bond acceptors (Lipinski definition) is 6. The average molecular weight is 488 g/mol. The topological polar surface area (TPSA) is 61.4 Å². The van der Waals surface area contributed by atoms with Gasteiger partial charge in [-0.25, -0.2) is 4.98 Å². The number of likely N-dealkylation sites (tertiary alicyclic amines) is 1. The van der Waals surface area contributed by atoms with Crippen molar-refractivity contribution in [2.75, 3.05) is 42.9 Å². The zero-order chi connectivity index (χ0) is 23.9. The van der Waals surface area contributed by atoms with Gasteiger partial charge in [-0.1, -0.05) is 24.3 Å². The lowest BCUT2D eigenvalue weighted by Gasteiger charge is -2.30. The number of thiazole rings is 1. The van der Waals surface area contributed by atoms with Crippen molar-refractivity contribution in [3.63, 3.8) is 0 Å². The summed E-state index contributed by atoms with van der Waals surface area (Å²) in [6.45, 7) is 5.15. The number of nitrogens with zero attached hydrogens (tertiary/aromatic N) is 4. The average Bonchev–Trinajstić information content (AvgIpc) is 3.41. The Hall–Kier alpha value is -3.03. The summed E-state index contributed by atoms with van der Waals surface area (Å²) in [6, 6.07) is 12.2. The number of pyridine rings is 1. The second-order valence-corrected chi connectivity index (χ2v) is 10.2. The number of amides is 1. The van der Waals surface area contributed by atoms with Crippen LogP contribution in [0.4, 0.5) is 11.4 Å².